The van der Waals surface area contributed by atoms with Crippen LogP contribution in [0.15, 0.2) is 138 Å². The minimum Gasteiger partial charge on any atom is -0.374 e. The van der Waals surface area contributed by atoms with E-state index in [2.05, 4.69) is 6.58 Å². The van der Waals surface area contributed by atoms with Crippen LogP contribution >= 0.6 is 0 Å². The lowest BCUT2D eigenvalue weighted by molar-refractivity contribution is -0.125. The minimum absolute atomic E-state index is 0.00347. The third-order valence-corrected chi connectivity index (χ3v) is 9.04. The Balaban J connectivity index is 1.73. The highest BCUT2D eigenvalue weighted by Gasteiger charge is 2.40. The Morgan fingerprint density at radius 2 is 1.07 bits per heavy atom. The van der Waals surface area contributed by atoms with Crippen molar-refractivity contribution in [2.24, 2.45) is 0 Å². The first kappa shape index (κ1) is 33.3. The fraction of sp³-hybridized carbons (Fsp3) is 0.235. The average Bonchev–Trinajstić information content (AvgIpc) is 3.03. The molecule has 232 valence electrons. The molecule has 3 atom stereocenters. The van der Waals surface area contributed by atoms with E-state index in [0.717, 1.165) is 22.9 Å². The topological polar surface area (TPSA) is 105 Å². The van der Waals surface area contributed by atoms with Gasteiger partial charge in [-0.1, -0.05) is 116 Å². The summed E-state index contributed by atoms with van der Waals surface area (Å²) in [6, 6.07) is 35.6. The summed E-state index contributed by atoms with van der Waals surface area (Å²) in [5, 5.41) is 0. The van der Waals surface area contributed by atoms with E-state index >= 15 is 0 Å². The van der Waals surface area contributed by atoms with Crippen molar-refractivity contribution in [1.82, 2.24) is 0 Å². The van der Waals surface area contributed by atoms with Crippen molar-refractivity contribution < 1.29 is 35.2 Å². The Morgan fingerprint density at radius 1 is 0.636 bits per heavy atom. The van der Waals surface area contributed by atoms with Gasteiger partial charge < -0.3 is 14.2 Å². The molecule has 0 amide bonds. The van der Waals surface area contributed by atoms with Crippen LogP contribution in [0.3, 0.4) is 0 Å². The van der Waals surface area contributed by atoms with Gasteiger partial charge in [0.1, 0.15) is 18.3 Å². The van der Waals surface area contributed by atoms with Gasteiger partial charge in [-0.2, -0.15) is 8.42 Å². The molecule has 4 aromatic carbocycles. The highest BCUT2D eigenvalue weighted by molar-refractivity contribution is 7.95. The van der Waals surface area contributed by atoms with E-state index in [4.69, 9.17) is 18.4 Å². The van der Waals surface area contributed by atoms with Crippen LogP contribution in [-0.2, 0) is 58.2 Å². The molecule has 0 heterocycles. The van der Waals surface area contributed by atoms with Crippen LogP contribution in [-0.4, -0.2) is 48.0 Å². The molecule has 0 N–H and O–H groups in total. The van der Waals surface area contributed by atoms with Gasteiger partial charge in [-0.15, -0.1) is 0 Å². The second-order valence-corrected chi connectivity index (χ2v) is 13.7. The number of hydrogen-bond acceptors (Lipinski definition) is 8. The Hall–Kier alpha value is -3.64. The SMILES string of the molecule is C=C([C@H](OCc1ccccc1)[C@H](OCc1ccccc1)[C@@H](COCc1ccccc1)OS(C)(=O)=O)S(=O)(=O)c1ccccc1. The molecule has 0 radical (unpaired) electrons. The zero-order chi connectivity index (χ0) is 31.4. The van der Waals surface area contributed by atoms with Gasteiger partial charge in [0.05, 0.1) is 42.5 Å². The summed E-state index contributed by atoms with van der Waals surface area (Å²) in [6.07, 6.45) is -2.99. The lowest BCUT2D eigenvalue weighted by Crippen LogP contribution is -2.47. The highest BCUT2D eigenvalue weighted by Crippen LogP contribution is 2.29. The number of benzene rings is 4. The van der Waals surface area contributed by atoms with Crippen LogP contribution in [0.5, 0.6) is 0 Å². The lowest BCUT2D eigenvalue weighted by Gasteiger charge is -2.34. The molecule has 0 spiro atoms. The molecule has 0 aliphatic heterocycles. The van der Waals surface area contributed by atoms with Crippen LogP contribution in [0, 0.1) is 0 Å². The maximum Gasteiger partial charge on any atom is 0.264 e. The Labute approximate surface area is 259 Å². The second-order valence-electron chi connectivity index (χ2n) is 10.1. The number of hydrogen-bond donors (Lipinski definition) is 0. The van der Waals surface area contributed by atoms with Gasteiger partial charge in [0.2, 0.25) is 9.84 Å². The number of rotatable bonds is 17. The average molecular weight is 637 g/mol. The molecular formula is C34H36O8S2. The quantitative estimate of drug-likeness (QED) is 0.136. The first-order chi connectivity index (χ1) is 21.1. The molecule has 4 aromatic rings. The van der Waals surface area contributed by atoms with E-state index in [-0.39, 0.29) is 36.2 Å². The second kappa shape index (κ2) is 15.9. The Morgan fingerprint density at radius 3 is 1.55 bits per heavy atom. The maximum absolute atomic E-state index is 13.8. The molecule has 10 heteroatoms. The van der Waals surface area contributed by atoms with E-state index in [1.54, 1.807) is 18.2 Å². The summed E-state index contributed by atoms with van der Waals surface area (Å²) in [5.74, 6) is 0. The standard InChI is InChI=1S/C34H36O8S2/c1-27(44(37,38)31-21-13-6-14-22-31)33(40-24-29-17-9-4-10-18-29)34(41-25-30-19-11-5-12-20-30)32(42-43(2,35)36)26-39-23-28-15-7-3-8-16-28/h3-22,32-34H,1,23-26H2,2H3/t32-,33+,34-/m1/s1. The van der Waals surface area contributed by atoms with Crippen LogP contribution in [0.2, 0.25) is 0 Å². The monoisotopic (exact) mass is 636 g/mol. The largest absolute Gasteiger partial charge is 0.374 e. The lowest BCUT2D eigenvalue weighted by atomic mass is 10.1. The Bertz CT molecular complexity index is 1660. The zero-order valence-electron chi connectivity index (χ0n) is 24.4. The van der Waals surface area contributed by atoms with Gasteiger partial charge in [-0.05, 0) is 28.8 Å². The molecular weight excluding hydrogens is 601 g/mol. The summed E-state index contributed by atoms with van der Waals surface area (Å²) >= 11 is 0. The van der Waals surface area contributed by atoms with Crippen molar-refractivity contribution in [2.45, 2.75) is 43.0 Å². The summed E-state index contributed by atoms with van der Waals surface area (Å²) in [6.45, 7) is 3.88. The molecule has 44 heavy (non-hydrogen) atoms. The first-order valence-corrected chi connectivity index (χ1v) is 17.2. The van der Waals surface area contributed by atoms with Crippen molar-refractivity contribution in [3.05, 3.63) is 150 Å². The van der Waals surface area contributed by atoms with Gasteiger partial charge in [0.25, 0.3) is 10.1 Å². The van der Waals surface area contributed by atoms with E-state index < -0.39 is 38.3 Å². The zero-order valence-corrected chi connectivity index (χ0v) is 26.0. The fourth-order valence-electron chi connectivity index (χ4n) is 4.46. The molecule has 0 fully saturated rings. The predicted octanol–water partition coefficient (Wildman–Crippen LogP) is 5.71. The van der Waals surface area contributed by atoms with Gasteiger partial charge in [0, 0.05) is 0 Å². The third kappa shape index (κ3) is 9.95. The minimum atomic E-state index is -4.16. The fourth-order valence-corrected chi connectivity index (χ4v) is 6.40. The molecule has 0 aromatic heterocycles. The molecule has 0 aliphatic carbocycles. The number of sulfone groups is 1. The van der Waals surface area contributed by atoms with E-state index in [1.807, 2.05) is 91.0 Å². The Kier molecular flexibility index (Phi) is 12.0. The van der Waals surface area contributed by atoms with Gasteiger partial charge in [-0.25, -0.2) is 8.42 Å². The van der Waals surface area contributed by atoms with Crippen molar-refractivity contribution in [3.63, 3.8) is 0 Å². The smallest absolute Gasteiger partial charge is 0.264 e. The van der Waals surface area contributed by atoms with Gasteiger partial charge in [-0.3, -0.25) is 4.18 Å². The normalized spacial score (nSPS) is 14.0. The third-order valence-electron chi connectivity index (χ3n) is 6.63. The molecule has 0 aliphatic rings. The maximum atomic E-state index is 13.8. The summed E-state index contributed by atoms with van der Waals surface area (Å²) < 4.78 is 76.8. The van der Waals surface area contributed by atoms with Crippen molar-refractivity contribution in [3.8, 4) is 0 Å². The highest BCUT2D eigenvalue weighted by atomic mass is 32.2. The molecule has 0 unspecified atom stereocenters. The van der Waals surface area contributed by atoms with Crippen LogP contribution in [0.1, 0.15) is 16.7 Å². The van der Waals surface area contributed by atoms with Crippen molar-refractivity contribution in [1.29, 1.82) is 0 Å². The molecule has 4 rings (SSSR count). The van der Waals surface area contributed by atoms with Gasteiger partial charge in [0.15, 0.2) is 0 Å². The van der Waals surface area contributed by atoms with E-state index in [0.29, 0.717) is 0 Å². The van der Waals surface area contributed by atoms with Crippen molar-refractivity contribution >= 4 is 20.0 Å². The predicted molar refractivity (Wildman–Crippen MR) is 169 cm³/mol. The molecule has 0 saturated carbocycles. The number of ether oxygens (including phenoxy) is 3. The molecule has 0 bridgehead atoms. The van der Waals surface area contributed by atoms with Crippen LogP contribution in [0.25, 0.3) is 0 Å². The van der Waals surface area contributed by atoms with E-state index in [1.165, 1.54) is 12.1 Å². The van der Waals surface area contributed by atoms with Crippen LogP contribution < -0.4 is 0 Å². The van der Waals surface area contributed by atoms with E-state index in [9.17, 15) is 16.8 Å². The van der Waals surface area contributed by atoms with Gasteiger partial charge >= 0.3 is 0 Å². The van der Waals surface area contributed by atoms with Crippen LogP contribution in [0.4, 0.5) is 0 Å². The summed E-state index contributed by atoms with van der Waals surface area (Å²) in [4.78, 5) is -0.288. The molecule has 0 saturated heterocycles. The summed E-state index contributed by atoms with van der Waals surface area (Å²) in [5.41, 5.74) is 2.41. The first-order valence-electron chi connectivity index (χ1n) is 13.9. The summed E-state index contributed by atoms with van der Waals surface area (Å²) in [7, 11) is -8.21. The van der Waals surface area contributed by atoms with Crippen molar-refractivity contribution in [2.75, 3.05) is 12.9 Å². The molecule has 8 nitrogen and oxygen atoms in total.